The number of rotatable bonds is 6. The van der Waals surface area contributed by atoms with Gasteiger partial charge >= 0.3 is 6.03 Å². The van der Waals surface area contributed by atoms with Crippen molar-refractivity contribution in [1.29, 1.82) is 0 Å². The van der Waals surface area contributed by atoms with Gasteiger partial charge in [-0.15, -0.1) is 0 Å². The van der Waals surface area contributed by atoms with Gasteiger partial charge in [0.2, 0.25) is 0 Å². The molecule has 4 aromatic rings. The van der Waals surface area contributed by atoms with E-state index in [1.807, 2.05) is 62.4 Å². The highest BCUT2D eigenvalue weighted by molar-refractivity contribution is 6.13. The van der Waals surface area contributed by atoms with Crippen molar-refractivity contribution in [3.8, 4) is 5.69 Å². The van der Waals surface area contributed by atoms with Crippen LogP contribution < -0.4 is 10.9 Å². The van der Waals surface area contributed by atoms with Crippen LogP contribution in [0.2, 0.25) is 0 Å². The normalized spacial score (nSPS) is 14.5. The number of aromatic nitrogens is 2. The van der Waals surface area contributed by atoms with Gasteiger partial charge in [0.05, 0.1) is 17.8 Å². The molecule has 1 aromatic heterocycles. The van der Waals surface area contributed by atoms with Crippen molar-refractivity contribution in [3.05, 3.63) is 128 Å². The summed E-state index contributed by atoms with van der Waals surface area (Å²) < 4.78 is 14.9. The highest BCUT2D eigenvalue weighted by Gasteiger charge is 2.34. The van der Waals surface area contributed by atoms with Gasteiger partial charge < -0.3 is 5.32 Å². The summed E-state index contributed by atoms with van der Waals surface area (Å²) in [6, 6.07) is 20.4. The molecule has 1 fully saturated rings. The zero-order valence-electron chi connectivity index (χ0n) is 20.4. The first-order valence-corrected chi connectivity index (χ1v) is 11.8. The summed E-state index contributed by atoms with van der Waals surface area (Å²) in [7, 11) is 0. The maximum atomic E-state index is 13.6. The molecular formula is C29H25FN4O3. The minimum atomic E-state index is -0.549. The van der Waals surface area contributed by atoms with E-state index in [-0.39, 0.29) is 29.2 Å². The lowest BCUT2D eigenvalue weighted by Gasteiger charge is -2.12. The number of aryl methyl sites for hydroxylation is 2. The van der Waals surface area contributed by atoms with Gasteiger partial charge in [-0.1, -0.05) is 60.2 Å². The van der Waals surface area contributed by atoms with Crippen LogP contribution in [0.3, 0.4) is 0 Å². The van der Waals surface area contributed by atoms with Crippen LogP contribution >= 0.6 is 0 Å². The molecule has 3 aromatic carbocycles. The molecule has 1 saturated heterocycles. The molecule has 2 heterocycles. The molecule has 3 amide bonds. The Morgan fingerprint density at radius 1 is 0.892 bits per heavy atom. The number of hydrogen-bond donors (Lipinski definition) is 2. The second kappa shape index (κ2) is 9.73. The van der Waals surface area contributed by atoms with Gasteiger partial charge in [0.15, 0.2) is 0 Å². The van der Waals surface area contributed by atoms with Crippen LogP contribution in [-0.4, -0.2) is 26.6 Å². The Hall–Kier alpha value is -4.72. The lowest BCUT2D eigenvalue weighted by molar-refractivity contribution is -0.123. The van der Waals surface area contributed by atoms with Crippen molar-refractivity contribution in [2.75, 3.05) is 0 Å². The number of amides is 3. The van der Waals surface area contributed by atoms with Gasteiger partial charge in [-0.2, -0.15) is 0 Å². The molecule has 8 heteroatoms. The fourth-order valence-corrected chi connectivity index (χ4v) is 4.42. The number of aromatic amines is 1. The molecule has 1 aliphatic rings. The third-order valence-corrected chi connectivity index (χ3v) is 6.33. The minimum absolute atomic E-state index is 0.0195. The average Bonchev–Trinajstić information content (AvgIpc) is 3.31. The molecular weight excluding hydrogens is 471 g/mol. The Labute approximate surface area is 212 Å². The molecule has 1 aliphatic heterocycles. The summed E-state index contributed by atoms with van der Waals surface area (Å²) in [5.41, 5.74) is 4.61. The quantitative estimate of drug-likeness (QED) is 0.302. The zero-order chi connectivity index (χ0) is 26.1. The zero-order valence-corrected chi connectivity index (χ0v) is 20.4. The molecule has 0 unspecified atom stereocenters. The van der Waals surface area contributed by atoms with Crippen molar-refractivity contribution in [2.24, 2.45) is 0 Å². The second-order valence-corrected chi connectivity index (χ2v) is 9.10. The van der Waals surface area contributed by atoms with Crippen LogP contribution in [0.5, 0.6) is 0 Å². The fourth-order valence-electron chi connectivity index (χ4n) is 4.42. The first-order valence-electron chi connectivity index (χ1n) is 11.8. The monoisotopic (exact) mass is 496 g/mol. The van der Waals surface area contributed by atoms with Crippen LogP contribution in [0, 0.1) is 19.7 Å². The van der Waals surface area contributed by atoms with Gasteiger partial charge in [0, 0.05) is 12.1 Å². The summed E-state index contributed by atoms with van der Waals surface area (Å²) in [5.74, 6) is -0.868. The van der Waals surface area contributed by atoms with Crippen LogP contribution in [0.4, 0.5) is 9.18 Å². The van der Waals surface area contributed by atoms with Crippen molar-refractivity contribution in [1.82, 2.24) is 20.0 Å². The molecule has 0 atom stereocenters. The van der Waals surface area contributed by atoms with E-state index in [1.54, 1.807) is 12.1 Å². The summed E-state index contributed by atoms with van der Waals surface area (Å²) in [4.78, 5) is 40.5. The Kier molecular flexibility index (Phi) is 6.31. The molecule has 0 aliphatic carbocycles. The standard InChI is InChI=1S/C29H25FN4O3/c1-18-6-5-8-21(14-18)17-33-28(36)25(31-29(33)37)16-23-24(15-20-10-12-22(30)13-11-20)32-34(27(23)35)26-9-4-3-7-19(26)2/h3-14,16,32H,15,17H2,1-2H3,(H,31,37). The molecule has 37 heavy (non-hydrogen) atoms. The Bertz CT molecular complexity index is 1600. The highest BCUT2D eigenvalue weighted by Crippen LogP contribution is 2.21. The van der Waals surface area contributed by atoms with Crippen molar-refractivity contribution >= 4 is 18.0 Å². The molecule has 0 saturated carbocycles. The smallest absolute Gasteiger partial charge is 0.303 e. The van der Waals surface area contributed by atoms with Gasteiger partial charge in [-0.25, -0.2) is 13.9 Å². The van der Waals surface area contributed by atoms with Gasteiger partial charge in [-0.3, -0.25) is 19.6 Å². The van der Waals surface area contributed by atoms with E-state index in [9.17, 15) is 18.8 Å². The number of H-pyrrole nitrogens is 1. The SMILES string of the molecule is Cc1cccc(CN2C(=O)NC(=Cc3c(Cc4ccc(F)cc4)[nH]n(-c4ccccc4C)c3=O)C2=O)c1. The molecule has 5 rings (SSSR count). The van der Waals surface area contributed by atoms with E-state index in [4.69, 9.17) is 0 Å². The predicted octanol–water partition coefficient (Wildman–Crippen LogP) is 4.61. The van der Waals surface area contributed by atoms with Crippen LogP contribution in [0.1, 0.15) is 33.5 Å². The summed E-state index contributed by atoms with van der Waals surface area (Å²) in [6.07, 6.45) is 1.71. The average molecular weight is 497 g/mol. The van der Waals surface area contributed by atoms with E-state index >= 15 is 0 Å². The van der Waals surface area contributed by atoms with E-state index in [1.165, 1.54) is 22.9 Å². The number of hydrogen-bond acceptors (Lipinski definition) is 3. The van der Waals surface area contributed by atoms with Crippen LogP contribution in [0.15, 0.2) is 83.3 Å². The number of halogens is 1. The van der Waals surface area contributed by atoms with E-state index < -0.39 is 11.9 Å². The largest absolute Gasteiger partial charge is 0.329 e. The maximum Gasteiger partial charge on any atom is 0.329 e. The molecule has 0 radical (unpaired) electrons. The first-order chi connectivity index (χ1) is 17.8. The van der Waals surface area contributed by atoms with Crippen molar-refractivity contribution in [2.45, 2.75) is 26.8 Å². The van der Waals surface area contributed by atoms with Crippen molar-refractivity contribution < 1.29 is 14.0 Å². The number of nitrogens with one attached hydrogen (secondary N) is 2. The summed E-state index contributed by atoms with van der Waals surface area (Å²) in [5, 5.41) is 5.77. The Balaban J connectivity index is 1.54. The number of nitrogens with zero attached hydrogens (tertiary/aromatic N) is 2. The summed E-state index contributed by atoms with van der Waals surface area (Å²) >= 11 is 0. The molecule has 7 nitrogen and oxygen atoms in total. The van der Waals surface area contributed by atoms with Crippen molar-refractivity contribution in [3.63, 3.8) is 0 Å². The highest BCUT2D eigenvalue weighted by atomic mass is 19.1. The van der Waals surface area contributed by atoms with Gasteiger partial charge in [-0.05, 0) is 54.8 Å². The molecule has 2 N–H and O–H groups in total. The number of benzene rings is 3. The van der Waals surface area contributed by atoms with E-state index in [0.29, 0.717) is 17.8 Å². The second-order valence-electron chi connectivity index (χ2n) is 9.10. The fraction of sp³-hybridized carbons (Fsp3) is 0.138. The number of carbonyl (C=O) groups excluding carboxylic acids is 2. The van der Waals surface area contributed by atoms with Crippen LogP contribution in [-0.2, 0) is 17.8 Å². The Morgan fingerprint density at radius 3 is 2.38 bits per heavy atom. The molecule has 0 bridgehead atoms. The number of urea groups is 1. The topological polar surface area (TPSA) is 87.2 Å². The van der Waals surface area contributed by atoms with E-state index in [0.717, 1.165) is 27.2 Å². The lowest BCUT2D eigenvalue weighted by Crippen LogP contribution is -2.30. The summed E-state index contributed by atoms with van der Waals surface area (Å²) in [6.45, 7) is 3.95. The lowest BCUT2D eigenvalue weighted by atomic mass is 10.1. The van der Waals surface area contributed by atoms with Gasteiger partial charge in [0.1, 0.15) is 11.5 Å². The van der Waals surface area contributed by atoms with E-state index in [2.05, 4.69) is 10.4 Å². The number of imide groups is 1. The number of para-hydroxylation sites is 1. The third-order valence-electron chi connectivity index (χ3n) is 6.33. The Morgan fingerprint density at radius 2 is 1.65 bits per heavy atom. The third kappa shape index (κ3) is 4.86. The minimum Gasteiger partial charge on any atom is -0.303 e. The first kappa shape index (κ1) is 24.0. The van der Waals surface area contributed by atoms with Gasteiger partial charge in [0.25, 0.3) is 11.5 Å². The maximum absolute atomic E-state index is 13.6. The number of carbonyl (C=O) groups is 2. The molecule has 0 spiro atoms. The van der Waals surface area contributed by atoms with Crippen LogP contribution in [0.25, 0.3) is 11.8 Å². The predicted molar refractivity (Wildman–Crippen MR) is 139 cm³/mol. The molecule has 186 valence electrons.